The van der Waals surface area contributed by atoms with E-state index in [0.29, 0.717) is 17.8 Å². The molecule has 3 aromatic carbocycles. The summed E-state index contributed by atoms with van der Waals surface area (Å²) in [6, 6.07) is 25.3. The summed E-state index contributed by atoms with van der Waals surface area (Å²) in [5, 5.41) is 19.1. The molecule has 0 bridgehead atoms. The quantitative estimate of drug-likeness (QED) is 0.102. The highest BCUT2D eigenvalue weighted by Gasteiger charge is 2.38. The number of benzene rings is 3. The standard InChI is InChI=1S/C36H43N7O5S.C2HF3O2/c1-24(27-13-9-6-10-14-27)41-35(45)28-18-29(20-33(19-28)43(3)49(4,47)48)36(46)42-32(17-26-11-7-5-8-12-26)23-38-25(2)34(44)40-22-31-16-15-30(37)21-39-31;3-2(4,5)1(6)7/h5-16,18-21,24-25,32,38H,17,22-23,37H2,1-4H3,(H,40,44)(H,41,45)(H,42,46);(H,6,7)/t24-,25+,32+;/m1./s1. The van der Waals surface area contributed by atoms with Crippen molar-refractivity contribution in [2.75, 3.05) is 29.9 Å². The van der Waals surface area contributed by atoms with Crippen LogP contribution in [0.25, 0.3) is 0 Å². The van der Waals surface area contributed by atoms with Gasteiger partial charge in [-0.3, -0.25) is 23.7 Å². The van der Waals surface area contributed by atoms with E-state index in [9.17, 15) is 36.0 Å². The van der Waals surface area contributed by atoms with Gasteiger partial charge in [0.25, 0.3) is 11.8 Å². The fourth-order valence-electron chi connectivity index (χ4n) is 4.98. The first-order valence-corrected chi connectivity index (χ1v) is 18.9. The average Bonchev–Trinajstić information content (AvgIpc) is 3.16. The van der Waals surface area contributed by atoms with Gasteiger partial charge < -0.3 is 32.1 Å². The molecular weight excluding hydrogens is 756 g/mol. The summed E-state index contributed by atoms with van der Waals surface area (Å²) in [6.45, 7) is 4.03. The van der Waals surface area contributed by atoms with Crippen LogP contribution < -0.4 is 31.3 Å². The van der Waals surface area contributed by atoms with E-state index in [2.05, 4.69) is 26.3 Å². The van der Waals surface area contributed by atoms with Crippen LogP contribution in [0.4, 0.5) is 24.5 Å². The predicted octanol–water partition coefficient (Wildman–Crippen LogP) is 3.82. The number of pyridine rings is 1. The lowest BCUT2D eigenvalue weighted by Crippen LogP contribution is -2.49. The summed E-state index contributed by atoms with van der Waals surface area (Å²) in [5.41, 5.74) is 9.11. The topological polar surface area (TPSA) is 213 Å². The smallest absolute Gasteiger partial charge is 0.475 e. The number of carboxylic acid groups (broad SMARTS) is 1. The molecule has 4 rings (SSSR count). The van der Waals surface area contributed by atoms with Gasteiger partial charge in [-0.25, -0.2) is 13.2 Å². The maximum absolute atomic E-state index is 13.8. The minimum absolute atomic E-state index is 0.102. The molecule has 56 heavy (non-hydrogen) atoms. The summed E-state index contributed by atoms with van der Waals surface area (Å²) in [6.07, 6.45) is -2.08. The Kier molecular flexibility index (Phi) is 15.9. The molecule has 0 radical (unpaired) electrons. The first-order valence-electron chi connectivity index (χ1n) is 17.1. The molecule has 18 heteroatoms. The molecule has 4 aromatic rings. The van der Waals surface area contributed by atoms with Crippen molar-refractivity contribution in [2.45, 2.75) is 51.1 Å². The van der Waals surface area contributed by atoms with Gasteiger partial charge in [-0.05, 0) is 61.7 Å². The Morgan fingerprint density at radius 3 is 1.95 bits per heavy atom. The summed E-state index contributed by atoms with van der Waals surface area (Å²) < 4.78 is 57.7. The van der Waals surface area contributed by atoms with Crippen molar-refractivity contribution in [1.82, 2.24) is 26.3 Å². The van der Waals surface area contributed by atoms with Gasteiger partial charge >= 0.3 is 12.1 Å². The van der Waals surface area contributed by atoms with Crippen LogP contribution in [-0.2, 0) is 32.6 Å². The van der Waals surface area contributed by atoms with E-state index >= 15 is 0 Å². The number of aliphatic carboxylic acids is 1. The zero-order valence-electron chi connectivity index (χ0n) is 31.0. The Hall–Kier alpha value is -6.01. The van der Waals surface area contributed by atoms with Crippen molar-refractivity contribution in [2.24, 2.45) is 0 Å². The number of sulfonamides is 1. The number of anilines is 2. The summed E-state index contributed by atoms with van der Waals surface area (Å²) in [7, 11) is -2.35. The second kappa shape index (κ2) is 20.1. The van der Waals surface area contributed by atoms with Crippen molar-refractivity contribution < 1.29 is 45.9 Å². The van der Waals surface area contributed by atoms with Crippen LogP contribution in [0.5, 0.6) is 0 Å². The normalized spacial score (nSPS) is 12.8. The predicted molar refractivity (Wildman–Crippen MR) is 205 cm³/mol. The molecule has 300 valence electrons. The van der Waals surface area contributed by atoms with Crippen LogP contribution in [-0.4, -0.2) is 80.3 Å². The third-order valence-electron chi connectivity index (χ3n) is 8.21. The van der Waals surface area contributed by atoms with Gasteiger partial charge in [0.1, 0.15) is 0 Å². The number of carbonyl (C=O) groups is 4. The Morgan fingerprint density at radius 2 is 1.43 bits per heavy atom. The Morgan fingerprint density at radius 1 is 0.875 bits per heavy atom. The average molecular weight is 800 g/mol. The van der Waals surface area contributed by atoms with Crippen molar-refractivity contribution >= 4 is 45.1 Å². The molecule has 3 atom stereocenters. The van der Waals surface area contributed by atoms with Gasteiger partial charge in [0, 0.05) is 30.8 Å². The second-order valence-corrected chi connectivity index (χ2v) is 14.7. The number of amides is 3. The van der Waals surface area contributed by atoms with E-state index in [1.54, 1.807) is 19.1 Å². The number of hydrogen-bond acceptors (Lipinski definition) is 9. The highest BCUT2D eigenvalue weighted by molar-refractivity contribution is 7.92. The highest BCUT2D eigenvalue weighted by Crippen LogP contribution is 2.22. The van der Waals surface area contributed by atoms with Gasteiger partial charge in [-0.15, -0.1) is 0 Å². The fraction of sp³-hybridized carbons (Fsp3) is 0.289. The Balaban J connectivity index is 0.00000109. The van der Waals surface area contributed by atoms with Crippen LogP contribution in [0.3, 0.4) is 0 Å². The van der Waals surface area contributed by atoms with Crippen molar-refractivity contribution in [3.63, 3.8) is 0 Å². The molecule has 0 aliphatic carbocycles. The fourth-order valence-corrected chi connectivity index (χ4v) is 5.46. The number of halogens is 3. The largest absolute Gasteiger partial charge is 0.490 e. The van der Waals surface area contributed by atoms with Gasteiger partial charge in [0.2, 0.25) is 15.9 Å². The lowest BCUT2D eigenvalue weighted by molar-refractivity contribution is -0.192. The molecule has 0 saturated heterocycles. The van der Waals surface area contributed by atoms with Crippen LogP contribution in [0.1, 0.15) is 57.4 Å². The third kappa shape index (κ3) is 14.3. The van der Waals surface area contributed by atoms with E-state index in [1.807, 2.05) is 67.6 Å². The van der Waals surface area contributed by atoms with Crippen LogP contribution in [0.2, 0.25) is 0 Å². The van der Waals surface area contributed by atoms with E-state index in [-0.39, 0.29) is 41.9 Å². The van der Waals surface area contributed by atoms with Gasteiger partial charge in [0.15, 0.2) is 0 Å². The molecule has 14 nitrogen and oxygen atoms in total. The minimum atomic E-state index is -5.08. The molecule has 0 fully saturated rings. The maximum Gasteiger partial charge on any atom is 0.490 e. The summed E-state index contributed by atoms with van der Waals surface area (Å²) >= 11 is 0. The zero-order valence-corrected chi connectivity index (χ0v) is 31.8. The number of nitrogens with zero attached hydrogens (tertiary/aromatic N) is 2. The molecule has 0 unspecified atom stereocenters. The number of aromatic nitrogens is 1. The maximum atomic E-state index is 13.8. The minimum Gasteiger partial charge on any atom is -0.475 e. The Labute approximate surface area is 322 Å². The number of nitrogens with one attached hydrogen (secondary N) is 4. The molecule has 0 spiro atoms. The number of nitrogen functional groups attached to an aromatic ring is 1. The molecule has 0 aliphatic rings. The number of nitrogens with two attached hydrogens (primary N) is 1. The Bertz CT molecular complexity index is 2060. The number of hydrogen-bond donors (Lipinski definition) is 6. The van der Waals surface area contributed by atoms with E-state index in [0.717, 1.165) is 21.7 Å². The SMILES string of the molecule is C[C@H](NC[C@H](Cc1ccccc1)NC(=O)c1cc(C(=O)N[C@H](C)c2ccccc2)cc(N(C)S(C)(=O)=O)c1)C(=O)NCc1ccc(N)cn1.O=C(O)C(F)(F)F. The summed E-state index contributed by atoms with van der Waals surface area (Å²) in [4.78, 5) is 53.2. The number of rotatable bonds is 15. The molecule has 1 aromatic heterocycles. The van der Waals surface area contributed by atoms with Crippen molar-refractivity contribution in [3.8, 4) is 0 Å². The molecule has 0 aliphatic heterocycles. The van der Waals surface area contributed by atoms with Crippen molar-refractivity contribution in [3.05, 3.63) is 125 Å². The van der Waals surface area contributed by atoms with Gasteiger partial charge in [-0.1, -0.05) is 60.7 Å². The van der Waals surface area contributed by atoms with Crippen LogP contribution in [0, 0.1) is 0 Å². The third-order valence-corrected chi connectivity index (χ3v) is 9.41. The lowest BCUT2D eigenvalue weighted by Gasteiger charge is -2.23. The van der Waals surface area contributed by atoms with Gasteiger partial charge in [-0.2, -0.15) is 13.2 Å². The highest BCUT2D eigenvalue weighted by atomic mass is 32.2. The van der Waals surface area contributed by atoms with Crippen molar-refractivity contribution in [1.29, 1.82) is 0 Å². The molecule has 1 heterocycles. The van der Waals surface area contributed by atoms with E-state index < -0.39 is 46.1 Å². The van der Waals surface area contributed by atoms with Crippen LogP contribution in [0.15, 0.2) is 97.2 Å². The molecule has 7 N–H and O–H groups in total. The molecular formula is C38H44F3N7O7S. The molecule has 0 saturated carbocycles. The lowest BCUT2D eigenvalue weighted by atomic mass is 10.0. The van der Waals surface area contributed by atoms with Crippen LogP contribution >= 0.6 is 0 Å². The first kappa shape index (κ1) is 44.4. The molecule has 3 amide bonds. The van der Waals surface area contributed by atoms with E-state index in [1.165, 1.54) is 31.4 Å². The monoisotopic (exact) mass is 799 g/mol. The zero-order chi connectivity index (χ0) is 41.6. The van der Waals surface area contributed by atoms with E-state index in [4.69, 9.17) is 15.6 Å². The number of carbonyl (C=O) groups excluding carboxylic acids is 3. The van der Waals surface area contributed by atoms with Gasteiger partial charge in [0.05, 0.1) is 48.1 Å². The number of carboxylic acids is 1. The second-order valence-electron chi connectivity index (χ2n) is 12.7. The summed E-state index contributed by atoms with van der Waals surface area (Å²) in [5.74, 6) is -3.98. The number of alkyl halides is 3. The first-order chi connectivity index (χ1) is 26.2.